The van der Waals surface area contributed by atoms with Crippen LogP contribution in [0.4, 0.5) is 0 Å². The summed E-state index contributed by atoms with van der Waals surface area (Å²) in [5.41, 5.74) is 3.27. The summed E-state index contributed by atoms with van der Waals surface area (Å²) in [5, 5.41) is 7.47. The molecule has 1 N–H and O–H groups in total. The quantitative estimate of drug-likeness (QED) is 0.775. The predicted octanol–water partition coefficient (Wildman–Crippen LogP) is 3.59. The van der Waals surface area contributed by atoms with Gasteiger partial charge in [-0.2, -0.15) is 5.10 Å². The number of hydrogen-bond donors (Lipinski definition) is 1. The molecule has 1 unspecified atom stereocenters. The van der Waals surface area contributed by atoms with Crippen LogP contribution < -0.4 is 10.1 Å². The Labute approximate surface area is 147 Å². The minimum atomic E-state index is -0.147. The van der Waals surface area contributed by atoms with Crippen LogP contribution >= 0.6 is 0 Å². The molecule has 2 aromatic carbocycles. The first-order chi connectivity index (χ1) is 12.1. The maximum absolute atomic E-state index is 12.6. The zero-order valence-electron chi connectivity index (χ0n) is 14.6. The lowest BCUT2D eigenvalue weighted by Gasteiger charge is -2.14. The van der Waals surface area contributed by atoms with Crippen molar-refractivity contribution in [1.29, 1.82) is 0 Å². The van der Waals surface area contributed by atoms with Crippen LogP contribution in [0.25, 0.3) is 11.3 Å². The molecule has 0 saturated heterocycles. The molecule has 3 rings (SSSR count). The molecule has 0 spiro atoms. The smallest absolute Gasteiger partial charge is 0.270 e. The van der Waals surface area contributed by atoms with Crippen molar-refractivity contribution in [2.24, 2.45) is 7.05 Å². The van der Waals surface area contributed by atoms with Crippen molar-refractivity contribution < 1.29 is 9.53 Å². The summed E-state index contributed by atoms with van der Waals surface area (Å²) in [6.45, 7) is 1.97. The summed E-state index contributed by atoms with van der Waals surface area (Å²) in [6.07, 6.45) is 0. The van der Waals surface area contributed by atoms with E-state index in [9.17, 15) is 4.79 Å². The summed E-state index contributed by atoms with van der Waals surface area (Å²) < 4.78 is 6.77. The molecular weight excluding hydrogens is 314 g/mol. The first-order valence-corrected chi connectivity index (χ1v) is 8.13. The molecule has 1 heterocycles. The molecule has 5 heteroatoms. The van der Waals surface area contributed by atoms with Crippen molar-refractivity contribution in [2.75, 3.05) is 7.11 Å². The van der Waals surface area contributed by atoms with Crippen LogP contribution in [0.1, 0.15) is 29.0 Å². The molecule has 0 aliphatic heterocycles. The number of aryl methyl sites for hydroxylation is 1. The SMILES string of the molecule is COc1ccc(-c2cc(C(=O)NC(C)c3ccccc3)n(C)n2)cc1. The van der Waals surface area contributed by atoms with Crippen LogP contribution in [0, 0.1) is 0 Å². The molecule has 0 saturated carbocycles. The normalized spacial score (nSPS) is 11.8. The third-order valence-corrected chi connectivity index (χ3v) is 4.15. The van der Waals surface area contributed by atoms with Gasteiger partial charge in [0.15, 0.2) is 0 Å². The van der Waals surface area contributed by atoms with Gasteiger partial charge in [0.05, 0.1) is 18.8 Å². The maximum atomic E-state index is 12.6. The van der Waals surface area contributed by atoms with Gasteiger partial charge in [0.1, 0.15) is 11.4 Å². The number of benzene rings is 2. The molecule has 1 aromatic heterocycles. The highest BCUT2D eigenvalue weighted by molar-refractivity contribution is 5.94. The highest BCUT2D eigenvalue weighted by atomic mass is 16.5. The second kappa shape index (κ2) is 7.21. The van der Waals surface area contributed by atoms with Crippen molar-refractivity contribution in [3.05, 3.63) is 71.9 Å². The average Bonchev–Trinajstić information content (AvgIpc) is 3.04. The van der Waals surface area contributed by atoms with Crippen LogP contribution in [-0.2, 0) is 7.05 Å². The largest absolute Gasteiger partial charge is 0.497 e. The van der Waals surface area contributed by atoms with Crippen molar-refractivity contribution in [2.45, 2.75) is 13.0 Å². The van der Waals surface area contributed by atoms with E-state index in [2.05, 4.69) is 10.4 Å². The van der Waals surface area contributed by atoms with Crippen LogP contribution in [0.15, 0.2) is 60.7 Å². The summed E-state index contributed by atoms with van der Waals surface area (Å²) >= 11 is 0. The Morgan fingerprint density at radius 3 is 2.44 bits per heavy atom. The first-order valence-electron chi connectivity index (χ1n) is 8.13. The summed E-state index contributed by atoms with van der Waals surface area (Å²) in [7, 11) is 3.40. The molecule has 128 valence electrons. The van der Waals surface area contributed by atoms with Gasteiger partial charge in [0.25, 0.3) is 5.91 Å². The van der Waals surface area contributed by atoms with Crippen molar-refractivity contribution in [3.63, 3.8) is 0 Å². The number of nitrogens with zero attached hydrogens (tertiary/aromatic N) is 2. The summed E-state index contributed by atoms with van der Waals surface area (Å²) in [6, 6.07) is 19.2. The van der Waals surface area contributed by atoms with Crippen LogP contribution in [0.5, 0.6) is 5.75 Å². The topological polar surface area (TPSA) is 56.1 Å². The second-order valence-corrected chi connectivity index (χ2v) is 5.87. The third-order valence-electron chi connectivity index (χ3n) is 4.15. The first kappa shape index (κ1) is 16.8. The fraction of sp³-hybridized carbons (Fsp3) is 0.200. The molecule has 0 radical (unpaired) electrons. The Hall–Kier alpha value is -3.08. The molecule has 0 aliphatic carbocycles. The number of carbonyl (C=O) groups excluding carboxylic acids is 1. The lowest BCUT2D eigenvalue weighted by Crippen LogP contribution is -2.28. The molecule has 0 fully saturated rings. The number of hydrogen-bond acceptors (Lipinski definition) is 3. The van der Waals surface area contributed by atoms with E-state index in [0.717, 1.165) is 22.6 Å². The Kier molecular flexibility index (Phi) is 4.84. The van der Waals surface area contributed by atoms with E-state index in [1.54, 1.807) is 24.9 Å². The van der Waals surface area contributed by atoms with Gasteiger partial charge in [-0.1, -0.05) is 30.3 Å². The van der Waals surface area contributed by atoms with E-state index in [4.69, 9.17) is 4.74 Å². The van der Waals surface area contributed by atoms with E-state index >= 15 is 0 Å². The van der Waals surface area contributed by atoms with Gasteiger partial charge in [-0.15, -0.1) is 0 Å². The Balaban J connectivity index is 1.78. The summed E-state index contributed by atoms with van der Waals surface area (Å²) in [4.78, 5) is 12.6. The monoisotopic (exact) mass is 335 g/mol. The van der Waals surface area contributed by atoms with Crippen LogP contribution in [0.3, 0.4) is 0 Å². The third kappa shape index (κ3) is 3.71. The number of methoxy groups -OCH3 is 1. The van der Waals surface area contributed by atoms with Crippen molar-refractivity contribution in [3.8, 4) is 17.0 Å². The van der Waals surface area contributed by atoms with E-state index < -0.39 is 0 Å². The molecule has 0 aliphatic rings. The van der Waals surface area contributed by atoms with Gasteiger partial charge in [-0.3, -0.25) is 9.48 Å². The highest BCUT2D eigenvalue weighted by Crippen LogP contribution is 2.22. The number of carbonyl (C=O) groups is 1. The average molecular weight is 335 g/mol. The van der Waals surface area contributed by atoms with E-state index in [1.165, 1.54) is 0 Å². The molecule has 25 heavy (non-hydrogen) atoms. The molecular formula is C20H21N3O2. The van der Waals surface area contributed by atoms with Crippen LogP contribution in [0.2, 0.25) is 0 Å². The Bertz CT molecular complexity index is 854. The number of rotatable bonds is 5. The van der Waals surface area contributed by atoms with Gasteiger partial charge in [-0.05, 0) is 42.8 Å². The van der Waals surface area contributed by atoms with Gasteiger partial charge in [-0.25, -0.2) is 0 Å². The van der Waals surface area contributed by atoms with E-state index in [-0.39, 0.29) is 11.9 Å². The van der Waals surface area contributed by atoms with Crippen molar-refractivity contribution >= 4 is 5.91 Å². The minimum absolute atomic E-state index is 0.0759. The maximum Gasteiger partial charge on any atom is 0.270 e. The molecule has 0 bridgehead atoms. The predicted molar refractivity (Wildman–Crippen MR) is 97.5 cm³/mol. The van der Waals surface area contributed by atoms with E-state index in [1.807, 2.05) is 61.5 Å². The number of aromatic nitrogens is 2. The van der Waals surface area contributed by atoms with Crippen LogP contribution in [-0.4, -0.2) is 22.8 Å². The highest BCUT2D eigenvalue weighted by Gasteiger charge is 2.17. The fourth-order valence-electron chi connectivity index (χ4n) is 2.68. The van der Waals surface area contributed by atoms with Gasteiger partial charge in [0, 0.05) is 12.6 Å². The van der Waals surface area contributed by atoms with E-state index in [0.29, 0.717) is 5.69 Å². The Morgan fingerprint density at radius 2 is 1.80 bits per heavy atom. The van der Waals surface area contributed by atoms with Crippen molar-refractivity contribution in [1.82, 2.24) is 15.1 Å². The summed E-state index contributed by atoms with van der Waals surface area (Å²) in [5.74, 6) is 0.639. The Morgan fingerprint density at radius 1 is 1.12 bits per heavy atom. The molecule has 5 nitrogen and oxygen atoms in total. The number of ether oxygens (including phenoxy) is 1. The molecule has 1 atom stereocenters. The second-order valence-electron chi connectivity index (χ2n) is 5.87. The number of amides is 1. The lowest BCUT2D eigenvalue weighted by atomic mass is 10.1. The van der Waals surface area contributed by atoms with Gasteiger partial charge < -0.3 is 10.1 Å². The number of nitrogens with one attached hydrogen (secondary N) is 1. The minimum Gasteiger partial charge on any atom is -0.497 e. The fourth-order valence-corrected chi connectivity index (χ4v) is 2.68. The van der Waals surface area contributed by atoms with Gasteiger partial charge >= 0.3 is 0 Å². The standard InChI is InChI=1S/C20H21N3O2/c1-14(15-7-5-4-6-8-15)21-20(24)19-13-18(22-23(19)2)16-9-11-17(25-3)12-10-16/h4-14H,1-3H3,(H,21,24). The zero-order valence-corrected chi connectivity index (χ0v) is 14.6. The molecule has 3 aromatic rings. The van der Waals surface area contributed by atoms with Gasteiger partial charge in [0.2, 0.25) is 0 Å². The molecule has 1 amide bonds. The zero-order chi connectivity index (χ0) is 17.8. The lowest BCUT2D eigenvalue weighted by molar-refractivity contribution is 0.0930.